The van der Waals surface area contributed by atoms with Gasteiger partial charge in [-0.05, 0) is 5.92 Å². The minimum Gasteiger partial charge on any atom is -0.380 e. The Hall–Kier alpha value is -1.19. The highest BCUT2D eigenvalue weighted by atomic mass is 19.1. The second-order valence-electron chi connectivity index (χ2n) is 3.64. The second kappa shape index (κ2) is 5.05. The average molecular weight is 217 g/mol. The summed E-state index contributed by atoms with van der Waals surface area (Å²) in [6.07, 6.45) is 0.914. The van der Waals surface area contributed by atoms with Gasteiger partial charge in [0.15, 0.2) is 11.6 Å². The van der Waals surface area contributed by atoms with Crippen LogP contribution in [0.2, 0.25) is 0 Å². The van der Waals surface area contributed by atoms with Crippen LogP contribution in [0.3, 0.4) is 0 Å². The number of anilines is 1. The first-order chi connectivity index (χ1) is 7.04. The van der Waals surface area contributed by atoms with Crippen LogP contribution in [0.1, 0.15) is 20.3 Å². The zero-order chi connectivity index (χ0) is 11.4. The van der Waals surface area contributed by atoms with Crippen LogP contribution >= 0.6 is 0 Å². The van der Waals surface area contributed by atoms with Gasteiger partial charge in [-0.1, -0.05) is 20.3 Å². The molecule has 1 nitrogen and oxygen atoms in total. The lowest BCUT2D eigenvalue weighted by molar-refractivity contribution is 0.540. The van der Waals surface area contributed by atoms with Crippen molar-refractivity contribution in [3.8, 4) is 0 Å². The van der Waals surface area contributed by atoms with Gasteiger partial charge in [0.25, 0.3) is 0 Å². The molecule has 1 rings (SSSR count). The van der Waals surface area contributed by atoms with Crippen LogP contribution in [0.5, 0.6) is 0 Å². The topological polar surface area (TPSA) is 12.0 Å². The van der Waals surface area contributed by atoms with Crippen LogP contribution in [0.25, 0.3) is 0 Å². The quantitative estimate of drug-likeness (QED) is 0.813. The number of hydrogen-bond acceptors (Lipinski definition) is 1. The molecule has 0 saturated heterocycles. The number of halogens is 3. The summed E-state index contributed by atoms with van der Waals surface area (Å²) in [5.74, 6) is -2.38. The standard InChI is InChI=1S/C11H14F3N/c1-3-7(2)6-15-11-9(13)4-8(12)5-10(11)14/h4-5,7,15H,3,6H2,1-2H3. The van der Waals surface area contributed by atoms with Crippen LogP contribution in [-0.2, 0) is 0 Å². The summed E-state index contributed by atoms with van der Waals surface area (Å²) >= 11 is 0. The van der Waals surface area contributed by atoms with E-state index in [2.05, 4.69) is 5.32 Å². The minimum atomic E-state index is -0.904. The molecule has 84 valence electrons. The van der Waals surface area contributed by atoms with Crippen molar-refractivity contribution in [2.24, 2.45) is 5.92 Å². The third-order valence-corrected chi connectivity index (χ3v) is 2.33. The maximum Gasteiger partial charge on any atom is 0.152 e. The van der Waals surface area contributed by atoms with Crippen LogP contribution in [-0.4, -0.2) is 6.54 Å². The Morgan fingerprint density at radius 2 is 1.73 bits per heavy atom. The van der Waals surface area contributed by atoms with Crippen molar-refractivity contribution in [2.75, 3.05) is 11.9 Å². The summed E-state index contributed by atoms with van der Waals surface area (Å²) in [7, 11) is 0. The van der Waals surface area contributed by atoms with Crippen LogP contribution in [0, 0.1) is 23.4 Å². The lowest BCUT2D eigenvalue weighted by atomic mass is 10.1. The number of nitrogens with one attached hydrogen (secondary N) is 1. The van der Waals surface area contributed by atoms with E-state index in [-0.39, 0.29) is 5.69 Å². The lowest BCUT2D eigenvalue weighted by Gasteiger charge is -2.12. The highest BCUT2D eigenvalue weighted by Crippen LogP contribution is 2.20. The Morgan fingerprint density at radius 3 is 2.20 bits per heavy atom. The summed E-state index contributed by atoms with van der Waals surface area (Å²) in [5.41, 5.74) is -0.253. The van der Waals surface area contributed by atoms with Gasteiger partial charge < -0.3 is 5.32 Å². The van der Waals surface area contributed by atoms with E-state index in [0.717, 1.165) is 6.42 Å². The van der Waals surface area contributed by atoms with Gasteiger partial charge in [-0.25, -0.2) is 13.2 Å². The smallest absolute Gasteiger partial charge is 0.152 e. The molecule has 0 saturated carbocycles. The van der Waals surface area contributed by atoms with Gasteiger partial charge in [-0.2, -0.15) is 0 Å². The molecule has 0 aliphatic heterocycles. The van der Waals surface area contributed by atoms with Gasteiger partial charge in [0.1, 0.15) is 11.5 Å². The van der Waals surface area contributed by atoms with Gasteiger partial charge >= 0.3 is 0 Å². The van der Waals surface area contributed by atoms with Crippen molar-refractivity contribution in [3.63, 3.8) is 0 Å². The van der Waals surface area contributed by atoms with Crippen molar-refractivity contribution in [3.05, 3.63) is 29.6 Å². The summed E-state index contributed by atoms with van der Waals surface area (Å²) in [6, 6.07) is 1.34. The first-order valence-electron chi connectivity index (χ1n) is 4.93. The molecule has 4 heteroatoms. The lowest BCUT2D eigenvalue weighted by Crippen LogP contribution is -2.12. The summed E-state index contributed by atoms with van der Waals surface area (Å²) < 4.78 is 38.8. The molecule has 1 aromatic carbocycles. The summed E-state index contributed by atoms with van der Waals surface area (Å²) in [4.78, 5) is 0. The van der Waals surface area contributed by atoms with Crippen molar-refractivity contribution < 1.29 is 13.2 Å². The third-order valence-electron chi connectivity index (χ3n) is 2.33. The predicted molar refractivity (Wildman–Crippen MR) is 54.3 cm³/mol. The normalized spacial score (nSPS) is 12.6. The first-order valence-corrected chi connectivity index (χ1v) is 4.93. The fraction of sp³-hybridized carbons (Fsp3) is 0.455. The molecular weight excluding hydrogens is 203 g/mol. The zero-order valence-electron chi connectivity index (χ0n) is 8.78. The van der Waals surface area contributed by atoms with Gasteiger partial charge in [0.2, 0.25) is 0 Å². The maximum atomic E-state index is 13.1. The van der Waals surface area contributed by atoms with Crippen molar-refractivity contribution >= 4 is 5.69 Å². The largest absolute Gasteiger partial charge is 0.380 e. The molecule has 0 radical (unpaired) electrons. The van der Waals surface area contributed by atoms with E-state index in [4.69, 9.17) is 0 Å². The second-order valence-corrected chi connectivity index (χ2v) is 3.64. The molecule has 0 aliphatic carbocycles. The zero-order valence-corrected chi connectivity index (χ0v) is 8.78. The fourth-order valence-corrected chi connectivity index (χ4v) is 1.13. The predicted octanol–water partition coefficient (Wildman–Crippen LogP) is 3.56. The Bertz CT molecular complexity index is 316. The van der Waals surface area contributed by atoms with Gasteiger partial charge in [-0.15, -0.1) is 0 Å². The molecule has 1 atom stereocenters. The Balaban J connectivity index is 2.77. The van der Waals surface area contributed by atoms with E-state index in [0.29, 0.717) is 24.6 Å². The molecule has 0 amide bonds. The summed E-state index contributed by atoms with van der Waals surface area (Å²) in [5, 5.41) is 2.64. The molecule has 0 spiro atoms. The molecule has 0 heterocycles. The van der Waals surface area contributed by atoms with Crippen LogP contribution in [0.4, 0.5) is 18.9 Å². The van der Waals surface area contributed by atoms with Crippen molar-refractivity contribution in [2.45, 2.75) is 20.3 Å². The highest BCUT2D eigenvalue weighted by Gasteiger charge is 2.11. The van der Waals surface area contributed by atoms with E-state index in [9.17, 15) is 13.2 Å². The van der Waals surface area contributed by atoms with Gasteiger partial charge in [0.05, 0.1) is 0 Å². The maximum absolute atomic E-state index is 13.1. The average Bonchev–Trinajstić information content (AvgIpc) is 2.15. The molecule has 15 heavy (non-hydrogen) atoms. The highest BCUT2D eigenvalue weighted by molar-refractivity contribution is 5.46. The Kier molecular flexibility index (Phi) is 4.00. The van der Waals surface area contributed by atoms with E-state index >= 15 is 0 Å². The number of hydrogen-bond donors (Lipinski definition) is 1. The van der Waals surface area contributed by atoms with E-state index in [1.165, 1.54) is 0 Å². The molecule has 1 aromatic rings. The molecule has 0 bridgehead atoms. The SMILES string of the molecule is CCC(C)CNc1c(F)cc(F)cc1F. The molecule has 0 fully saturated rings. The van der Waals surface area contributed by atoms with E-state index in [1.54, 1.807) is 0 Å². The van der Waals surface area contributed by atoms with Gasteiger partial charge in [0, 0.05) is 18.7 Å². The van der Waals surface area contributed by atoms with Crippen LogP contribution in [0.15, 0.2) is 12.1 Å². The van der Waals surface area contributed by atoms with Crippen molar-refractivity contribution in [1.82, 2.24) is 0 Å². The Morgan fingerprint density at radius 1 is 1.20 bits per heavy atom. The van der Waals surface area contributed by atoms with E-state index in [1.807, 2.05) is 13.8 Å². The Labute approximate surface area is 87.3 Å². The molecule has 1 unspecified atom stereocenters. The molecule has 0 aliphatic rings. The molecular formula is C11H14F3N. The van der Waals surface area contributed by atoms with Gasteiger partial charge in [-0.3, -0.25) is 0 Å². The van der Waals surface area contributed by atoms with E-state index < -0.39 is 17.5 Å². The molecule has 1 N–H and O–H groups in total. The monoisotopic (exact) mass is 217 g/mol. The minimum absolute atomic E-state index is 0.253. The van der Waals surface area contributed by atoms with Crippen LogP contribution < -0.4 is 5.32 Å². The first kappa shape index (κ1) is 11.9. The number of rotatable bonds is 4. The molecule has 0 aromatic heterocycles. The fourth-order valence-electron chi connectivity index (χ4n) is 1.13. The summed E-state index contributed by atoms with van der Waals surface area (Å²) in [6.45, 7) is 4.42. The third kappa shape index (κ3) is 3.15. The number of benzene rings is 1. The van der Waals surface area contributed by atoms with Crippen molar-refractivity contribution in [1.29, 1.82) is 0 Å².